The van der Waals surface area contributed by atoms with E-state index >= 15 is 0 Å². The summed E-state index contributed by atoms with van der Waals surface area (Å²) >= 11 is 0. The number of nitrogens with zero attached hydrogens (tertiary/aromatic N) is 1. The smallest absolute Gasteiger partial charge is 0.276 e. The minimum absolute atomic E-state index is 0.156. The molecular weight excluding hydrogens is 328 g/mol. The van der Waals surface area contributed by atoms with Crippen molar-refractivity contribution < 1.29 is 17.9 Å². The van der Waals surface area contributed by atoms with E-state index in [9.17, 15) is 8.42 Å². The van der Waals surface area contributed by atoms with Crippen LogP contribution in [0.15, 0.2) is 58.5 Å². The van der Waals surface area contributed by atoms with E-state index in [2.05, 4.69) is 9.93 Å². The topological polar surface area (TPSA) is 77.0 Å². The molecule has 0 heterocycles. The van der Waals surface area contributed by atoms with Gasteiger partial charge < -0.3 is 9.47 Å². The fourth-order valence-corrected chi connectivity index (χ4v) is 2.73. The third-order valence-electron chi connectivity index (χ3n) is 3.09. The Bertz CT molecular complexity index is 789. The van der Waals surface area contributed by atoms with Crippen molar-refractivity contribution in [2.45, 2.75) is 18.2 Å². The van der Waals surface area contributed by atoms with Gasteiger partial charge in [0.1, 0.15) is 0 Å². The molecule has 0 atom stereocenters. The maximum atomic E-state index is 12.1. The van der Waals surface area contributed by atoms with Crippen molar-refractivity contribution in [3.63, 3.8) is 0 Å². The Kier molecular flexibility index (Phi) is 6.20. The minimum Gasteiger partial charge on any atom is -0.493 e. The van der Waals surface area contributed by atoms with Gasteiger partial charge in [0.25, 0.3) is 10.0 Å². The molecule has 2 aromatic rings. The molecule has 0 fully saturated rings. The van der Waals surface area contributed by atoms with Gasteiger partial charge in [-0.05, 0) is 42.3 Å². The minimum atomic E-state index is -3.67. The molecule has 0 aliphatic carbocycles. The SMILES string of the molecule is CCCOc1cc(/C=N/NS(=O)(=O)c2ccccc2)ccc1OC. The summed E-state index contributed by atoms with van der Waals surface area (Å²) in [5.74, 6) is 1.21. The van der Waals surface area contributed by atoms with Crippen LogP contribution in [0, 0.1) is 0 Å². The van der Waals surface area contributed by atoms with E-state index < -0.39 is 10.0 Å². The standard InChI is InChI=1S/C17H20N2O4S/c1-3-11-23-17-12-14(9-10-16(17)22-2)13-18-19-24(20,21)15-7-5-4-6-8-15/h4-10,12-13,19H,3,11H2,1-2H3/b18-13+. The number of hydrogen-bond acceptors (Lipinski definition) is 5. The van der Waals surface area contributed by atoms with Crippen molar-refractivity contribution in [1.82, 2.24) is 4.83 Å². The van der Waals surface area contributed by atoms with E-state index in [4.69, 9.17) is 9.47 Å². The van der Waals surface area contributed by atoms with Crippen LogP contribution < -0.4 is 14.3 Å². The Morgan fingerprint density at radius 1 is 1.12 bits per heavy atom. The summed E-state index contributed by atoms with van der Waals surface area (Å²) in [6, 6.07) is 13.3. The third kappa shape index (κ3) is 4.73. The van der Waals surface area contributed by atoms with Gasteiger partial charge in [0, 0.05) is 0 Å². The number of nitrogens with one attached hydrogen (secondary N) is 1. The van der Waals surface area contributed by atoms with Crippen molar-refractivity contribution in [1.29, 1.82) is 0 Å². The Labute approximate surface area is 142 Å². The molecule has 0 unspecified atom stereocenters. The van der Waals surface area contributed by atoms with Gasteiger partial charge in [0.2, 0.25) is 0 Å². The number of benzene rings is 2. The van der Waals surface area contributed by atoms with Crippen LogP contribution >= 0.6 is 0 Å². The van der Waals surface area contributed by atoms with Crippen LogP contribution in [0.5, 0.6) is 11.5 Å². The van der Waals surface area contributed by atoms with Gasteiger partial charge in [-0.2, -0.15) is 13.5 Å². The van der Waals surface area contributed by atoms with Crippen LogP contribution in [-0.4, -0.2) is 28.3 Å². The highest BCUT2D eigenvalue weighted by Gasteiger charge is 2.11. The van der Waals surface area contributed by atoms with Crippen LogP contribution in [0.1, 0.15) is 18.9 Å². The van der Waals surface area contributed by atoms with Crippen molar-refractivity contribution in [2.75, 3.05) is 13.7 Å². The second-order valence-electron chi connectivity index (χ2n) is 4.92. The first kappa shape index (κ1) is 17.8. The average molecular weight is 348 g/mol. The summed E-state index contributed by atoms with van der Waals surface area (Å²) in [5.41, 5.74) is 0.692. The summed E-state index contributed by atoms with van der Waals surface area (Å²) in [6.07, 6.45) is 2.29. The van der Waals surface area contributed by atoms with Gasteiger partial charge in [-0.15, -0.1) is 0 Å². The monoisotopic (exact) mass is 348 g/mol. The zero-order valence-corrected chi connectivity index (χ0v) is 14.4. The highest BCUT2D eigenvalue weighted by molar-refractivity contribution is 7.89. The lowest BCUT2D eigenvalue weighted by atomic mass is 10.2. The molecule has 7 heteroatoms. The van der Waals surface area contributed by atoms with Crippen LogP contribution in [-0.2, 0) is 10.0 Å². The first-order chi connectivity index (χ1) is 11.6. The second kappa shape index (κ2) is 8.35. The van der Waals surface area contributed by atoms with E-state index in [1.54, 1.807) is 43.5 Å². The van der Waals surface area contributed by atoms with Crippen molar-refractivity contribution in [3.05, 3.63) is 54.1 Å². The molecule has 0 amide bonds. The quantitative estimate of drug-likeness (QED) is 0.588. The lowest BCUT2D eigenvalue weighted by Crippen LogP contribution is -2.18. The Morgan fingerprint density at radius 2 is 1.88 bits per heavy atom. The summed E-state index contributed by atoms with van der Waals surface area (Å²) in [7, 11) is -2.11. The molecule has 1 N–H and O–H groups in total. The summed E-state index contributed by atoms with van der Waals surface area (Å²) < 4.78 is 35.0. The highest BCUT2D eigenvalue weighted by atomic mass is 32.2. The zero-order chi connectivity index (χ0) is 17.4. The number of ether oxygens (including phenoxy) is 2. The van der Waals surface area contributed by atoms with Gasteiger partial charge in [-0.25, -0.2) is 4.83 Å². The van der Waals surface area contributed by atoms with Crippen LogP contribution in [0.4, 0.5) is 0 Å². The molecule has 2 rings (SSSR count). The molecule has 6 nitrogen and oxygen atoms in total. The predicted molar refractivity (Wildman–Crippen MR) is 93.1 cm³/mol. The number of sulfonamides is 1. The van der Waals surface area contributed by atoms with E-state index in [1.807, 2.05) is 6.92 Å². The summed E-state index contributed by atoms with van der Waals surface area (Å²) in [4.78, 5) is 2.34. The van der Waals surface area contributed by atoms with Gasteiger partial charge in [-0.1, -0.05) is 25.1 Å². The van der Waals surface area contributed by atoms with E-state index in [1.165, 1.54) is 18.3 Å². The molecule has 0 radical (unpaired) electrons. The highest BCUT2D eigenvalue weighted by Crippen LogP contribution is 2.27. The number of hydrazone groups is 1. The van der Waals surface area contributed by atoms with Crippen molar-refractivity contribution in [2.24, 2.45) is 5.10 Å². The number of methoxy groups -OCH3 is 1. The molecule has 0 aliphatic heterocycles. The predicted octanol–water partition coefficient (Wildman–Crippen LogP) is 2.80. The van der Waals surface area contributed by atoms with E-state index in [0.717, 1.165) is 6.42 Å². The van der Waals surface area contributed by atoms with Gasteiger partial charge in [0.05, 0.1) is 24.8 Å². The van der Waals surface area contributed by atoms with Crippen LogP contribution in [0.25, 0.3) is 0 Å². The second-order valence-corrected chi connectivity index (χ2v) is 6.59. The van der Waals surface area contributed by atoms with Crippen molar-refractivity contribution in [3.8, 4) is 11.5 Å². The molecule has 0 bridgehead atoms. The first-order valence-electron chi connectivity index (χ1n) is 7.47. The maximum Gasteiger partial charge on any atom is 0.276 e. The van der Waals surface area contributed by atoms with Gasteiger partial charge in [0.15, 0.2) is 11.5 Å². The molecule has 2 aromatic carbocycles. The van der Waals surface area contributed by atoms with E-state index in [0.29, 0.717) is 23.7 Å². The molecule has 0 aromatic heterocycles. The fourth-order valence-electron chi connectivity index (χ4n) is 1.92. The Morgan fingerprint density at radius 3 is 2.54 bits per heavy atom. The lowest BCUT2D eigenvalue weighted by Gasteiger charge is -2.10. The molecule has 0 spiro atoms. The fraction of sp³-hybridized carbons (Fsp3) is 0.235. The van der Waals surface area contributed by atoms with Crippen LogP contribution in [0.3, 0.4) is 0 Å². The largest absolute Gasteiger partial charge is 0.493 e. The van der Waals surface area contributed by atoms with Gasteiger partial charge in [-0.3, -0.25) is 0 Å². The summed E-state index contributed by atoms with van der Waals surface area (Å²) in [6.45, 7) is 2.58. The number of rotatable bonds is 8. The Hall–Kier alpha value is -2.54. The molecular formula is C17H20N2O4S. The third-order valence-corrected chi connectivity index (χ3v) is 4.33. The molecule has 0 saturated carbocycles. The Balaban J connectivity index is 2.11. The first-order valence-corrected chi connectivity index (χ1v) is 8.96. The van der Waals surface area contributed by atoms with Crippen molar-refractivity contribution >= 4 is 16.2 Å². The molecule has 0 saturated heterocycles. The average Bonchev–Trinajstić information content (AvgIpc) is 2.60. The normalized spacial score (nSPS) is 11.4. The molecule has 128 valence electrons. The molecule has 0 aliphatic rings. The van der Waals surface area contributed by atoms with Gasteiger partial charge >= 0.3 is 0 Å². The zero-order valence-electron chi connectivity index (χ0n) is 13.6. The van der Waals surface area contributed by atoms with E-state index in [-0.39, 0.29) is 4.90 Å². The summed E-state index contributed by atoms with van der Waals surface area (Å²) in [5, 5.41) is 3.81. The van der Waals surface area contributed by atoms with Crippen LogP contribution in [0.2, 0.25) is 0 Å². The lowest BCUT2D eigenvalue weighted by molar-refractivity contribution is 0.294. The maximum absolute atomic E-state index is 12.1. The number of hydrogen-bond donors (Lipinski definition) is 1. The molecule has 24 heavy (non-hydrogen) atoms.